The van der Waals surface area contributed by atoms with E-state index in [1.165, 1.54) is 42.3 Å². The SMILES string of the molecule is CCc1c(C)sc(NC(=O)CSc2nnc(-c3ccc(F)cc3)n2CC)c1C(=O)OC. The summed E-state index contributed by atoms with van der Waals surface area (Å²) in [4.78, 5) is 25.8. The number of nitrogens with one attached hydrogen (secondary N) is 1. The molecule has 0 saturated heterocycles. The summed E-state index contributed by atoms with van der Waals surface area (Å²) in [6.07, 6.45) is 0.670. The third-order valence-electron chi connectivity index (χ3n) is 4.67. The molecule has 10 heteroatoms. The second kappa shape index (κ2) is 10.1. The Hall–Kier alpha value is -2.72. The van der Waals surface area contributed by atoms with Crippen LogP contribution in [0.25, 0.3) is 11.4 Å². The Bertz CT molecular complexity index is 1090. The number of carbonyl (C=O) groups excluding carboxylic acids is 2. The van der Waals surface area contributed by atoms with E-state index in [4.69, 9.17) is 4.74 Å². The van der Waals surface area contributed by atoms with Crippen molar-refractivity contribution in [2.24, 2.45) is 0 Å². The van der Waals surface area contributed by atoms with E-state index < -0.39 is 5.97 Å². The zero-order chi connectivity index (χ0) is 22.5. The molecule has 0 fully saturated rings. The molecule has 0 unspecified atom stereocenters. The van der Waals surface area contributed by atoms with Crippen molar-refractivity contribution in [2.75, 3.05) is 18.2 Å². The number of anilines is 1. The van der Waals surface area contributed by atoms with Crippen molar-refractivity contribution in [3.8, 4) is 11.4 Å². The lowest BCUT2D eigenvalue weighted by molar-refractivity contribution is -0.113. The number of esters is 1. The van der Waals surface area contributed by atoms with Crippen LogP contribution in [0.5, 0.6) is 0 Å². The normalized spacial score (nSPS) is 10.9. The second-order valence-corrected chi connectivity index (χ2v) is 8.75. The average Bonchev–Trinajstić information content (AvgIpc) is 3.31. The highest BCUT2D eigenvalue weighted by molar-refractivity contribution is 7.99. The lowest BCUT2D eigenvalue weighted by Gasteiger charge is -2.08. The summed E-state index contributed by atoms with van der Waals surface area (Å²) in [7, 11) is 1.33. The Balaban J connectivity index is 1.74. The minimum absolute atomic E-state index is 0.0978. The first-order chi connectivity index (χ1) is 14.9. The number of thioether (sulfide) groups is 1. The summed E-state index contributed by atoms with van der Waals surface area (Å²) in [5, 5.41) is 12.3. The Morgan fingerprint density at radius 1 is 1.23 bits per heavy atom. The molecule has 1 N–H and O–H groups in total. The molecule has 0 bridgehead atoms. The molecular formula is C21H23FN4O3S2. The first-order valence-corrected chi connectivity index (χ1v) is 11.5. The molecule has 164 valence electrons. The van der Waals surface area contributed by atoms with Gasteiger partial charge in [0.1, 0.15) is 10.8 Å². The van der Waals surface area contributed by atoms with E-state index in [1.54, 1.807) is 12.1 Å². The van der Waals surface area contributed by atoms with E-state index in [-0.39, 0.29) is 17.5 Å². The summed E-state index contributed by atoms with van der Waals surface area (Å²) in [5.74, 6) is -0.328. The number of ether oxygens (including phenoxy) is 1. The highest BCUT2D eigenvalue weighted by atomic mass is 32.2. The van der Waals surface area contributed by atoms with Gasteiger partial charge in [-0.2, -0.15) is 0 Å². The molecule has 0 aliphatic rings. The van der Waals surface area contributed by atoms with Crippen molar-refractivity contribution >= 4 is 40.0 Å². The smallest absolute Gasteiger partial charge is 0.341 e. The lowest BCUT2D eigenvalue weighted by atomic mass is 10.1. The number of methoxy groups -OCH3 is 1. The van der Waals surface area contributed by atoms with Crippen LogP contribution in [0.3, 0.4) is 0 Å². The van der Waals surface area contributed by atoms with Crippen LogP contribution in [0, 0.1) is 12.7 Å². The zero-order valence-corrected chi connectivity index (χ0v) is 19.3. The van der Waals surface area contributed by atoms with E-state index >= 15 is 0 Å². The Morgan fingerprint density at radius 2 is 1.94 bits per heavy atom. The summed E-state index contributed by atoms with van der Waals surface area (Å²) in [5.41, 5.74) is 2.05. The highest BCUT2D eigenvalue weighted by Gasteiger charge is 2.23. The average molecular weight is 463 g/mol. The molecule has 1 aromatic carbocycles. The summed E-state index contributed by atoms with van der Waals surface area (Å²) >= 11 is 2.61. The number of halogens is 1. The fraction of sp³-hybridized carbons (Fsp3) is 0.333. The standard InChI is InChI=1S/C21H23FN4O3S2/c1-5-15-12(3)31-19(17(15)20(28)29-4)23-16(27)11-30-21-25-24-18(26(21)6-2)13-7-9-14(22)10-8-13/h7-10H,5-6,11H2,1-4H3,(H,23,27). The Kier molecular flexibility index (Phi) is 7.45. The summed E-state index contributed by atoms with van der Waals surface area (Å²) < 4.78 is 20.0. The van der Waals surface area contributed by atoms with Gasteiger partial charge in [0.05, 0.1) is 18.4 Å². The third-order valence-corrected chi connectivity index (χ3v) is 6.70. The Morgan fingerprint density at radius 3 is 2.55 bits per heavy atom. The van der Waals surface area contributed by atoms with Gasteiger partial charge in [-0.05, 0) is 50.1 Å². The summed E-state index contributed by atoms with van der Waals surface area (Å²) in [6.45, 7) is 6.42. The van der Waals surface area contributed by atoms with Crippen LogP contribution in [-0.4, -0.2) is 39.5 Å². The van der Waals surface area contributed by atoms with Crippen LogP contribution >= 0.6 is 23.1 Å². The number of carbonyl (C=O) groups is 2. The fourth-order valence-corrected chi connectivity index (χ4v) is 5.15. The van der Waals surface area contributed by atoms with Gasteiger partial charge in [-0.15, -0.1) is 21.5 Å². The first-order valence-electron chi connectivity index (χ1n) is 9.71. The zero-order valence-electron chi connectivity index (χ0n) is 17.7. The van der Waals surface area contributed by atoms with Gasteiger partial charge in [-0.1, -0.05) is 18.7 Å². The van der Waals surface area contributed by atoms with E-state index in [0.29, 0.717) is 34.5 Å². The van der Waals surface area contributed by atoms with Crippen LogP contribution in [0.15, 0.2) is 29.4 Å². The van der Waals surface area contributed by atoms with Gasteiger partial charge in [-0.25, -0.2) is 9.18 Å². The maximum atomic E-state index is 13.2. The van der Waals surface area contributed by atoms with Gasteiger partial charge in [0.15, 0.2) is 11.0 Å². The number of aryl methyl sites for hydroxylation is 1. The number of nitrogens with zero attached hydrogens (tertiary/aromatic N) is 3. The van der Waals surface area contributed by atoms with E-state index in [0.717, 1.165) is 16.0 Å². The van der Waals surface area contributed by atoms with Gasteiger partial charge in [0.2, 0.25) is 5.91 Å². The maximum absolute atomic E-state index is 13.2. The molecule has 31 heavy (non-hydrogen) atoms. The molecular weight excluding hydrogens is 439 g/mol. The van der Waals surface area contributed by atoms with E-state index in [9.17, 15) is 14.0 Å². The van der Waals surface area contributed by atoms with E-state index in [1.807, 2.05) is 25.3 Å². The van der Waals surface area contributed by atoms with Gasteiger partial charge in [0.25, 0.3) is 0 Å². The quantitative estimate of drug-likeness (QED) is 0.390. The van der Waals surface area contributed by atoms with Crippen LogP contribution in [0.1, 0.15) is 34.6 Å². The number of benzene rings is 1. The molecule has 0 spiro atoms. The van der Waals surface area contributed by atoms with E-state index in [2.05, 4.69) is 15.5 Å². The number of aromatic nitrogens is 3. The molecule has 2 aromatic heterocycles. The highest BCUT2D eigenvalue weighted by Crippen LogP contribution is 2.34. The Labute approximate surface area is 188 Å². The van der Waals surface area contributed by atoms with Crippen molar-refractivity contribution in [3.63, 3.8) is 0 Å². The van der Waals surface area contributed by atoms with Crippen molar-refractivity contribution in [1.82, 2.24) is 14.8 Å². The third kappa shape index (κ3) is 4.96. The molecule has 0 radical (unpaired) electrons. The molecule has 1 amide bonds. The number of amides is 1. The van der Waals surface area contributed by atoms with Crippen molar-refractivity contribution in [3.05, 3.63) is 46.1 Å². The van der Waals surface area contributed by atoms with Crippen molar-refractivity contribution in [2.45, 2.75) is 38.9 Å². The molecule has 0 aliphatic carbocycles. The fourth-order valence-electron chi connectivity index (χ4n) is 3.20. The summed E-state index contributed by atoms with van der Waals surface area (Å²) in [6, 6.07) is 6.03. The number of hydrogen-bond acceptors (Lipinski definition) is 7. The van der Waals surface area contributed by atoms with Crippen LogP contribution in [-0.2, 0) is 22.5 Å². The topological polar surface area (TPSA) is 86.1 Å². The minimum atomic E-state index is -0.459. The number of thiophene rings is 1. The molecule has 3 aromatic rings. The van der Waals surface area contributed by atoms with Crippen molar-refractivity contribution in [1.29, 1.82) is 0 Å². The largest absolute Gasteiger partial charge is 0.465 e. The van der Waals surface area contributed by atoms with Gasteiger partial charge in [0, 0.05) is 17.0 Å². The molecule has 0 saturated carbocycles. The minimum Gasteiger partial charge on any atom is -0.465 e. The van der Waals surface area contributed by atoms with Crippen molar-refractivity contribution < 1.29 is 18.7 Å². The first kappa shape index (κ1) is 23.0. The lowest BCUT2D eigenvalue weighted by Crippen LogP contribution is -2.16. The number of rotatable bonds is 8. The van der Waals surface area contributed by atoms with Gasteiger partial charge >= 0.3 is 5.97 Å². The molecule has 0 aliphatic heterocycles. The van der Waals surface area contributed by atoms with Gasteiger partial charge in [-0.3, -0.25) is 4.79 Å². The second-order valence-electron chi connectivity index (χ2n) is 6.58. The van der Waals surface area contributed by atoms with Gasteiger partial charge < -0.3 is 14.6 Å². The van der Waals surface area contributed by atoms with Crippen LogP contribution in [0.2, 0.25) is 0 Å². The molecule has 3 rings (SSSR count). The monoisotopic (exact) mass is 462 g/mol. The predicted octanol–water partition coefficient (Wildman–Crippen LogP) is 4.55. The number of hydrogen-bond donors (Lipinski definition) is 1. The predicted molar refractivity (Wildman–Crippen MR) is 120 cm³/mol. The molecule has 7 nitrogen and oxygen atoms in total. The van der Waals surface area contributed by atoms with Crippen LogP contribution < -0.4 is 5.32 Å². The van der Waals surface area contributed by atoms with Crippen LogP contribution in [0.4, 0.5) is 9.39 Å². The molecule has 2 heterocycles. The molecule has 0 atom stereocenters. The maximum Gasteiger partial charge on any atom is 0.341 e.